The lowest BCUT2D eigenvalue weighted by Gasteiger charge is -2.08. The molecule has 0 bridgehead atoms. The topological polar surface area (TPSA) is 80.9 Å². The zero-order valence-corrected chi connectivity index (χ0v) is 11.0. The summed E-state index contributed by atoms with van der Waals surface area (Å²) in [6, 6.07) is 5.19. The van der Waals surface area contributed by atoms with Gasteiger partial charge in [0.15, 0.2) is 0 Å². The second-order valence-corrected chi connectivity index (χ2v) is 4.41. The van der Waals surface area contributed by atoms with Crippen molar-refractivity contribution in [3.05, 3.63) is 53.0 Å². The molecule has 0 atom stereocenters. The number of carbonyl (C=O) groups excluding carboxylic acids is 1. The fraction of sp³-hybridized carbons (Fsp3) is 0.214. The number of nitrogens with two attached hydrogens (primary N) is 1. The van der Waals surface area contributed by atoms with Gasteiger partial charge in [-0.15, -0.1) is 0 Å². The quantitative estimate of drug-likeness (QED) is 0.874. The molecule has 0 aromatic carbocycles. The Labute approximate surface area is 111 Å². The molecule has 0 saturated heterocycles. The summed E-state index contributed by atoms with van der Waals surface area (Å²) in [5, 5.41) is 2.85. The Balaban J connectivity index is 2.08. The van der Waals surface area contributed by atoms with E-state index in [2.05, 4.69) is 15.3 Å². The van der Waals surface area contributed by atoms with Crippen LogP contribution in [0.1, 0.15) is 27.2 Å². The Morgan fingerprint density at radius 3 is 2.84 bits per heavy atom. The van der Waals surface area contributed by atoms with Gasteiger partial charge < -0.3 is 11.1 Å². The second kappa shape index (κ2) is 5.48. The number of nitrogens with one attached hydrogen (secondary N) is 1. The Morgan fingerprint density at radius 2 is 2.16 bits per heavy atom. The minimum absolute atomic E-state index is 0.166. The molecule has 0 radical (unpaired) electrons. The van der Waals surface area contributed by atoms with E-state index in [1.54, 1.807) is 31.5 Å². The van der Waals surface area contributed by atoms with Crippen LogP contribution < -0.4 is 11.1 Å². The number of carbonyl (C=O) groups is 1. The van der Waals surface area contributed by atoms with Gasteiger partial charge in [0, 0.05) is 30.2 Å². The molecular formula is C14H16N4O. The van der Waals surface area contributed by atoms with E-state index < -0.39 is 0 Å². The summed E-state index contributed by atoms with van der Waals surface area (Å²) in [6.07, 6.45) is 3.48. The Morgan fingerprint density at radius 1 is 1.37 bits per heavy atom. The third-order valence-corrected chi connectivity index (χ3v) is 2.82. The summed E-state index contributed by atoms with van der Waals surface area (Å²) in [5.74, 6) is 0.183. The third kappa shape index (κ3) is 3.28. The average Bonchev–Trinajstić information content (AvgIpc) is 2.36. The average molecular weight is 256 g/mol. The minimum Gasteiger partial charge on any atom is -0.384 e. The molecule has 0 spiro atoms. The van der Waals surface area contributed by atoms with E-state index in [1.807, 2.05) is 13.0 Å². The van der Waals surface area contributed by atoms with Crippen LogP contribution in [0.25, 0.3) is 0 Å². The van der Waals surface area contributed by atoms with E-state index in [4.69, 9.17) is 5.73 Å². The molecule has 19 heavy (non-hydrogen) atoms. The molecule has 0 aliphatic rings. The number of nitrogen functional groups attached to an aromatic ring is 1. The van der Waals surface area contributed by atoms with Crippen LogP contribution in [-0.2, 0) is 6.54 Å². The van der Waals surface area contributed by atoms with Crippen molar-refractivity contribution in [1.82, 2.24) is 15.3 Å². The number of rotatable bonds is 3. The zero-order valence-electron chi connectivity index (χ0n) is 11.0. The van der Waals surface area contributed by atoms with E-state index in [0.29, 0.717) is 17.9 Å². The lowest BCUT2D eigenvalue weighted by molar-refractivity contribution is 0.0950. The van der Waals surface area contributed by atoms with E-state index in [-0.39, 0.29) is 5.91 Å². The number of anilines is 1. The Bertz CT molecular complexity index is 590. The van der Waals surface area contributed by atoms with Crippen LogP contribution >= 0.6 is 0 Å². The van der Waals surface area contributed by atoms with E-state index >= 15 is 0 Å². The molecule has 5 heteroatoms. The van der Waals surface area contributed by atoms with Crippen molar-refractivity contribution in [1.29, 1.82) is 0 Å². The minimum atomic E-state index is -0.166. The van der Waals surface area contributed by atoms with E-state index in [9.17, 15) is 4.79 Å². The first kappa shape index (κ1) is 13.0. The molecule has 0 aliphatic heterocycles. The number of hydrogen-bond acceptors (Lipinski definition) is 4. The van der Waals surface area contributed by atoms with Gasteiger partial charge in [-0.1, -0.05) is 0 Å². The SMILES string of the molecule is Cc1cc(C(=O)NCc2cnccc2C)cc(N)n1. The summed E-state index contributed by atoms with van der Waals surface area (Å²) in [5.41, 5.74) is 8.97. The number of amides is 1. The van der Waals surface area contributed by atoms with Crippen LogP contribution in [0.5, 0.6) is 0 Å². The van der Waals surface area contributed by atoms with Crippen molar-refractivity contribution in [2.24, 2.45) is 0 Å². The van der Waals surface area contributed by atoms with Gasteiger partial charge in [-0.25, -0.2) is 4.98 Å². The first-order valence-corrected chi connectivity index (χ1v) is 5.98. The Hall–Kier alpha value is -2.43. The van der Waals surface area contributed by atoms with Crippen molar-refractivity contribution >= 4 is 11.7 Å². The van der Waals surface area contributed by atoms with Crippen LogP contribution in [-0.4, -0.2) is 15.9 Å². The van der Waals surface area contributed by atoms with E-state index in [1.165, 1.54) is 0 Å². The molecular weight excluding hydrogens is 240 g/mol. The molecule has 3 N–H and O–H groups in total. The number of aromatic nitrogens is 2. The molecule has 0 saturated carbocycles. The molecule has 0 aliphatic carbocycles. The van der Waals surface area contributed by atoms with Crippen LogP contribution in [0.3, 0.4) is 0 Å². The summed E-state index contributed by atoms with van der Waals surface area (Å²) < 4.78 is 0. The lowest BCUT2D eigenvalue weighted by atomic mass is 10.1. The molecule has 5 nitrogen and oxygen atoms in total. The molecule has 2 aromatic heterocycles. The summed E-state index contributed by atoms with van der Waals surface area (Å²) in [4.78, 5) is 20.1. The zero-order chi connectivity index (χ0) is 13.8. The smallest absolute Gasteiger partial charge is 0.251 e. The molecule has 0 unspecified atom stereocenters. The summed E-state index contributed by atoms with van der Waals surface area (Å²) in [7, 11) is 0. The normalized spacial score (nSPS) is 10.2. The monoisotopic (exact) mass is 256 g/mol. The third-order valence-electron chi connectivity index (χ3n) is 2.82. The maximum absolute atomic E-state index is 12.0. The molecule has 1 amide bonds. The van der Waals surface area contributed by atoms with Crippen molar-refractivity contribution in [2.75, 3.05) is 5.73 Å². The number of nitrogens with zero attached hydrogens (tertiary/aromatic N) is 2. The number of aryl methyl sites for hydroxylation is 2. The highest BCUT2D eigenvalue weighted by Crippen LogP contribution is 2.08. The molecule has 2 aromatic rings. The largest absolute Gasteiger partial charge is 0.384 e. The summed E-state index contributed by atoms with van der Waals surface area (Å²) in [6.45, 7) is 4.23. The summed E-state index contributed by atoms with van der Waals surface area (Å²) >= 11 is 0. The maximum Gasteiger partial charge on any atom is 0.251 e. The van der Waals surface area contributed by atoms with Crippen molar-refractivity contribution in [3.8, 4) is 0 Å². The van der Waals surface area contributed by atoms with Crippen molar-refractivity contribution < 1.29 is 4.79 Å². The van der Waals surface area contributed by atoms with Gasteiger partial charge in [-0.2, -0.15) is 0 Å². The highest BCUT2D eigenvalue weighted by Gasteiger charge is 2.08. The van der Waals surface area contributed by atoms with Crippen LogP contribution in [0, 0.1) is 13.8 Å². The first-order chi connectivity index (χ1) is 9.06. The van der Waals surface area contributed by atoms with Gasteiger partial charge in [-0.05, 0) is 43.2 Å². The number of pyridine rings is 2. The predicted molar refractivity (Wildman–Crippen MR) is 73.5 cm³/mol. The van der Waals surface area contributed by atoms with E-state index in [0.717, 1.165) is 16.8 Å². The number of hydrogen-bond donors (Lipinski definition) is 2. The van der Waals surface area contributed by atoms with Gasteiger partial charge in [0.05, 0.1) is 0 Å². The molecule has 2 rings (SSSR count). The van der Waals surface area contributed by atoms with Crippen LogP contribution in [0.4, 0.5) is 5.82 Å². The van der Waals surface area contributed by atoms with Gasteiger partial charge in [0.1, 0.15) is 5.82 Å². The fourth-order valence-corrected chi connectivity index (χ4v) is 1.78. The second-order valence-electron chi connectivity index (χ2n) is 4.41. The fourth-order valence-electron chi connectivity index (χ4n) is 1.78. The van der Waals surface area contributed by atoms with Gasteiger partial charge in [0.2, 0.25) is 0 Å². The molecule has 98 valence electrons. The van der Waals surface area contributed by atoms with Gasteiger partial charge >= 0.3 is 0 Å². The van der Waals surface area contributed by atoms with Gasteiger partial charge in [-0.3, -0.25) is 9.78 Å². The standard InChI is InChI=1S/C14H16N4O/c1-9-3-4-16-7-12(9)8-17-14(19)11-5-10(2)18-13(15)6-11/h3-7H,8H2,1-2H3,(H2,15,18)(H,17,19). The lowest BCUT2D eigenvalue weighted by Crippen LogP contribution is -2.23. The maximum atomic E-state index is 12.0. The van der Waals surface area contributed by atoms with Crippen LogP contribution in [0.2, 0.25) is 0 Å². The Kier molecular flexibility index (Phi) is 3.75. The first-order valence-electron chi connectivity index (χ1n) is 5.98. The van der Waals surface area contributed by atoms with Gasteiger partial charge in [0.25, 0.3) is 5.91 Å². The molecule has 2 heterocycles. The highest BCUT2D eigenvalue weighted by molar-refractivity contribution is 5.94. The predicted octanol–water partition coefficient (Wildman–Crippen LogP) is 1.61. The molecule has 0 fully saturated rings. The van der Waals surface area contributed by atoms with Crippen molar-refractivity contribution in [2.45, 2.75) is 20.4 Å². The van der Waals surface area contributed by atoms with Crippen molar-refractivity contribution in [3.63, 3.8) is 0 Å². The van der Waals surface area contributed by atoms with Crippen LogP contribution in [0.15, 0.2) is 30.6 Å². The highest BCUT2D eigenvalue weighted by atomic mass is 16.1.